The molecule has 0 aromatic heterocycles. The van der Waals surface area contributed by atoms with Gasteiger partial charge >= 0.3 is 5.38 Å². The maximum atomic E-state index is 13.5. The molecule has 1 aromatic rings. The Hall–Kier alpha value is -0.420. The Labute approximate surface area is 108 Å². The molecule has 6 heteroatoms. The van der Waals surface area contributed by atoms with Crippen molar-refractivity contribution in [2.45, 2.75) is 17.5 Å². The average molecular weight is 281 g/mol. The van der Waals surface area contributed by atoms with E-state index in [-0.39, 0.29) is 6.42 Å². The van der Waals surface area contributed by atoms with E-state index in [9.17, 15) is 8.78 Å². The van der Waals surface area contributed by atoms with Gasteiger partial charge in [0.2, 0.25) is 0 Å². The highest BCUT2D eigenvalue weighted by atomic mass is 35.5. The summed E-state index contributed by atoms with van der Waals surface area (Å²) in [7, 11) is 0. The monoisotopic (exact) mass is 280 g/mol. The molecule has 0 aliphatic carbocycles. The fourth-order valence-electron chi connectivity index (χ4n) is 1.95. The Kier molecular flexibility index (Phi) is 3.59. The highest BCUT2D eigenvalue weighted by Crippen LogP contribution is 2.35. The highest BCUT2D eigenvalue weighted by molar-refractivity contribution is 6.30. The first-order chi connectivity index (χ1) is 7.93. The van der Waals surface area contributed by atoms with E-state index < -0.39 is 11.0 Å². The summed E-state index contributed by atoms with van der Waals surface area (Å²) in [6, 6.07) is 6.78. The maximum absolute atomic E-state index is 13.5. The summed E-state index contributed by atoms with van der Waals surface area (Å²) in [5, 5.41) is 2.71. The van der Waals surface area contributed by atoms with Gasteiger partial charge in [0.15, 0.2) is 5.66 Å². The molecule has 1 aliphatic heterocycles. The second kappa shape index (κ2) is 4.69. The normalized spacial score (nSPS) is 19.5. The van der Waals surface area contributed by atoms with Crippen LogP contribution in [0.4, 0.5) is 8.78 Å². The van der Waals surface area contributed by atoms with Crippen LogP contribution in [-0.4, -0.2) is 24.1 Å². The van der Waals surface area contributed by atoms with Gasteiger partial charge in [-0.25, -0.2) is 0 Å². The molecule has 2 N–H and O–H groups in total. The van der Waals surface area contributed by atoms with E-state index in [2.05, 4.69) is 10.6 Å². The Bertz CT molecular complexity index is 383. The van der Waals surface area contributed by atoms with Crippen molar-refractivity contribution in [2.24, 2.45) is 0 Å². The van der Waals surface area contributed by atoms with Crippen LogP contribution in [-0.2, 0) is 6.42 Å². The van der Waals surface area contributed by atoms with Gasteiger partial charge < -0.3 is 0 Å². The lowest BCUT2D eigenvalue weighted by molar-refractivity contribution is -0.0157. The van der Waals surface area contributed by atoms with Crippen molar-refractivity contribution < 1.29 is 8.78 Å². The van der Waals surface area contributed by atoms with Crippen LogP contribution in [0.15, 0.2) is 24.3 Å². The third kappa shape index (κ3) is 2.71. The van der Waals surface area contributed by atoms with E-state index in [1.54, 1.807) is 24.3 Å². The van der Waals surface area contributed by atoms with Gasteiger partial charge in [-0.05, 0) is 29.3 Å². The van der Waals surface area contributed by atoms with Crippen LogP contribution >= 0.6 is 23.2 Å². The summed E-state index contributed by atoms with van der Waals surface area (Å²) in [5.74, 6) is 0. The van der Waals surface area contributed by atoms with Crippen molar-refractivity contribution in [2.75, 3.05) is 13.1 Å². The lowest BCUT2D eigenvalue weighted by atomic mass is 10.0. The van der Waals surface area contributed by atoms with Gasteiger partial charge in [-0.1, -0.05) is 23.7 Å². The predicted octanol–water partition coefficient (Wildman–Crippen LogP) is 2.60. The van der Waals surface area contributed by atoms with E-state index in [1.807, 2.05) is 0 Å². The van der Waals surface area contributed by atoms with E-state index in [1.165, 1.54) is 0 Å². The molecule has 2 nitrogen and oxygen atoms in total. The second-order valence-corrected chi connectivity index (χ2v) is 4.97. The molecule has 0 unspecified atom stereocenters. The predicted molar refractivity (Wildman–Crippen MR) is 64.7 cm³/mol. The number of benzene rings is 1. The summed E-state index contributed by atoms with van der Waals surface area (Å²) < 4.78 is 26.9. The first-order valence-electron chi connectivity index (χ1n) is 5.24. The first kappa shape index (κ1) is 13.0. The molecule has 1 fully saturated rings. The molecule has 1 heterocycles. The molecular weight excluding hydrogens is 269 g/mol. The van der Waals surface area contributed by atoms with Gasteiger partial charge in [0.1, 0.15) is 0 Å². The Morgan fingerprint density at radius 3 is 2.18 bits per heavy atom. The standard InChI is InChI=1S/C11H12Cl2F2N2/c12-9-3-1-8(2-4-9)7-10(11(13,14)15)16-5-6-17-10/h1-4,16-17H,5-7H2. The molecule has 0 bridgehead atoms. The summed E-state index contributed by atoms with van der Waals surface area (Å²) in [6.07, 6.45) is 0.0979. The number of hydrogen-bond acceptors (Lipinski definition) is 2. The molecule has 0 amide bonds. The molecule has 94 valence electrons. The van der Waals surface area contributed by atoms with Crippen molar-refractivity contribution >= 4 is 23.2 Å². The minimum Gasteiger partial charge on any atom is -0.292 e. The largest absolute Gasteiger partial charge is 0.352 e. The van der Waals surface area contributed by atoms with Gasteiger partial charge in [-0.3, -0.25) is 10.6 Å². The van der Waals surface area contributed by atoms with Crippen molar-refractivity contribution in [1.29, 1.82) is 0 Å². The van der Waals surface area contributed by atoms with Gasteiger partial charge in [0.25, 0.3) is 0 Å². The molecule has 1 aromatic carbocycles. The third-order valence-electron chi connectivity index (χ3n) is 2.85. The lowest BCUT2D eigenvalue weighted by Gasteiger charge is -2.33. The summed E-state index contributed by atoms with van der Waals surface area (Å²) in [4.78, 5) is 0. The van der Waals surface area contributed by atoms with Crippen LogP contribution in [0.1, 0.15) is 5.56 Å². The topological polar surface area (TPSA) is 24.1 Å². The molecule has 0 spiro atoms. The minimum atomic E-state index is -3.36. The van der Waals surface area contributed by atoms with Gasteiger partial charge in [0.05, 0.1) is 0 Å². The molecule has 0 saturated carbocycles. The van der Waals surface area contributed by atoms with Crippen LogP contribution in [0.5, 0.6) is 0 Å². The molecular formula is C11H12Cl2F2N2. The number of hydrogen-bond donors (Lipinski definition) is 2. The third-order valence-corrected chi connectivity index (χ3v) is 3.42. The van der Waals surface area contributed by atoms with E-state index in [4.69, 9.17) is 23.2 Å². The number of halogens is 4. The Morgan fingerprint density at radius 2 is 1.71 bits per heavy atom. The molecule has 1 saturated heterocycles. The molecule has 2 rings (SSSR count). The Balaban J connectivity index is 2.22. The fourth-order valence-corrected chi connectivity index (χ4v) is 2.27. The highest BCUT2D eigenvalue weighted by Gasteiger charge is 2.53. The average Bonchev–Trinajstić information content (AvgIpc) is 2.70. The zero-order valence-corrected chi connectivity index (χ0v) is 10.5. The fraction of sp³-hybridized carbons (Fsp3) is 0.455. The smallest absolute Gasteiger partial charge is 0.292 e. The van der Waals surface area contributed by atoms with Crippen LogP contribution in [0, 0.1) is 0 Å². The van der Waals surface area contributed by atoms with E-state index in [0.29, 0.717) is 18.1 Å². The van der Waals surface area contributed by atoms with E-state index >= 15 is 0 Å². The molecule has 1 aliphatic rings. The van der Waals surface area contributed by atoms with E-state index in [0.717, 1.165) is 5.56 Å². The Morgan fingerprint density at radius 1 is 1.18 bits per heavy atom. The summed E-state index contributed by atoms with van der Waals surface area (Å²) >= 11 is 10.9. The SMILES string of the molecule is FC(F)(Cl)C1(Cc2ccc(Cl)cc2)NCCN1. The summed E-state index contributed by atoms with van der Waals surface area (Å²) in [6.45, 7) is 0.936. The summed E-state index contributed by atoms with van der Waals surface area (Å²) in [5.41, 5.74) is -0.834. The molecule has 0 atom stereocenters. The van der Waals surface area contributed by atoms with Crippen molar-refractivity contribution in [3.63, 3.8) is 0 Å². The van der Waals surface area contributed by atoms with Crippen molar-refractivity contribution in [1.82, 2.24) is 10.6 Å². The van der Waals surface area contributed by atoms with Crippen LogP contribution in [0.2, 0.25) is 5.02 Å². The van der Waals surface area contributed by atoms with Gasteiger partial charge in [-0.2, -0.15) is 8.78 Å². The zero-order valence-electron chi connectivity index (χ0n) is 8.94. The van der Waals surface area contributed by atoms with Gasteiger partial charge in [0, 0.05) is 24.5 Å². The van der Waals surface area contributed by atoms with Crippen LogP contribution in [0.3, 0.4) is 0 Å². The number of alkyl halides is 3. The molecule has 17 heavy (non-hydrogen) atoms. The van der Waals surface area contributed by atoms with Gasteiger partial charge in [-0.15, -0.1) is 0 Å². The maximum Gasteiger partial charge on any atom is 0.352 e. The molecule has 0 radical (unpaired) electrons. The first-order valence-corrected chi connectivity index (χ1v) is 6.00. The number of nitrogens with one attached hydrogen (secondary N) is 2. The van der Waals surface area contributed by atoms with Crippen molar-refractivity contribution in [3.8, 4) is 0 Å². The quantitative estimate of drug-likeness (QED) is 0.832. The number of rotatable bonds is 3. The zero-order chi connectivity index (χ0) is 12.5. The van der Waals surface area contributed by atoms with Crippen LogP contribution in [0.25, 0.3) is 0 Å². The second-order valence-electron chi connectivity index (χ2n) is 4.06. The van der Waals surface area contributed by atoms with Crippen LogP contribution < -0.4 is 10.6 Å². The van der Waals surface area contributed by atoms with Crippen molar-refractivity contribution in [3.05, 3.63) is 34.9 Å². The lowest BCUT2D eigenvalue weighted by Crippen LogP contribution is -2.61. The minimum absolute atomic E-state index is 0.0979.